The van der Waals surface area contributed by atoms with Gasteiger partial charge in [0.1, 0.15) is 13.2 Å². The van der Waals surface area contributed by atoms with E-state index in [1.807, 2.05) is 27.2 Å². The maximum Gasteiger partial charge on any atom is 0.472 e. The lowest BCUT2D eigenvalue weighted by Crippen LogP contribution is -2.45. The standard InChI is InChI=1S/C63H125N2O6P/c1-6-8-10-12-14-16-18-20-22-24-26-27-28-29-30-31-32-33-34-35-36-37-38-39-40-42-44-46-48-50-52-54-56-62(66)61(60-71-72(68,69)70-59-58-65(3,4)5)64-63(67)57-55-53-51-49-47-45-43-41-25-23-21-19-17-15-13-11-9-7-2/h23,25,54,56,61-62,66H,6-22,24,26-53,55,57-60H2,1-5H3,(H-,64,67,68,69)/p+1/b25-23-,56-54+. The predicted molar refractivity (Wildman–Crippen MR) is 314 cm³/mol. The van der Waals surface area contributed by atoms with Gasteiger partial charge in [-0.05, 0) is 44.9 Å². The lowest BCUT2D eigenvalue weighted by atomic mass is 10.0. The van der Waals surface area contributed by atoms with Gasteiger partial charge < -0.3 is 19.8 Å². The molecule has 72 heavy (non-hydrogen) atoms. The number of phosphoric ester groups is 1. The van der Waals surface area contributed by atoms with Gasteiger partial charge in [-0.25, -0.2) is 4.57 Å². The van der Waals surface area contributed by atoms with E-state index in [2.05, 4.69) is 31.3 Å². The van der Waals surface area contributed by atoms with Crippen LogP contribution in [0.3, 0.4) is 0 Å². The van der Waals surface area contributed by atoms with Crippen molar-refractivity contribution in [2.24, 2.45) is 0 Å². The molecule has 0 aliphatic rings. The van der Waals surface area contributed by atoms with E-state index in [0.717, 1.165) is 38.5 Å². The maximum atomic E-state index is 13.0. The van der Waals surface area contributed by atoms with Crippen LogP contribution >= 0.6 is 7.82 Å². The molecule has 3 unspecified atom stereocenters. The zero-order chi connectivity index (χ0) is 52.7. The third-order valence-corrected chi connectivity index (χ3v) is 15.6. The van der Waals surface area contributed by atoms with Crippen LogP contribution in [-0.4, -0.2) is 73.4 Å². The largest absolute Gasteiger partial charge is 0.472 e. The zero-order valence-corrected chi connectivity index (χ0v) is 49.8. The van der Waals surface area contributed by atoms with Crippen molar-refractivity contribution in [2.75, 3.05) is 40.9 Å². The third-order valence-electron chi connectivity index (χ3n) is 14.7. The number of carbonyl (C=O) groups excluding carboxylic acids is 1. The molecule has 0 radical (unpaired) electrons. The summed E-state index contributed by atoms with van der Waals surface area (Å²) in [6.07, 6.45) is 70.2. The van der Waals surface area contributed by atoms with Gasteiger partial charge >= 0.3 is 7.82 Å². The quantitative estimate of drug-likeness (QED) is 0.0243. The van der Waals surface area contributed by atoms with E-state index in [1.54, 1.807) is 6.08 Å². The fourth-order valence-corrected chi connectivity index (χ4v) is 10.4. The summed E-state index contributed by atoms with van der Waals surface area (Å²) in [4.78, 5) is 23.3. The molecule has 0 saturated carbocycles. The third kappa shape index (κ3) is 56.7. The number of unbranched alkanes of at least 4 members (excludes halogenated alkanes) is 44. The minimum Gasteiger partial charge on any atom is -0.387 e. The molecule has 3 atom stereocenters. The molecular formula is C63H126N2O6P+. The molecule has 0 aliphatic heterocycles. The number of amides is 1. The minimum absolute atomic E-state index is 0.0624. The maximum absolute atomic E-state index is 13.0. The Hall–Kier alpha value is -1.02. The molecular weight excluding hydrogens is 912 g/mol. The summed E-state index contributed by atoms with van der Waals surface area (Å²) in [6.45, 7) is 4.86. The number of phosphoric acid groups is 1. The highest BCUT2D eigenvalue weighted by Crippen LogP contribution is 2.43. The second-order valence-electron chi connectivity index (χ2n) is 23.1. The van der Waals surface area contributed by atoms with Gasteiger partial charge in [0, 0.05) is 6.42 Å². The summed E-state index contributed by atoms with van der Waals surface area (Å²) in [5.41, 5.74) is 0. The van der Waals surface area contributed by atoms with E-state index in [-0.39, 0.29) is 19.1 Å². The number of likely N-dealkylation sites (N-methyl/N-ethyl adjacent to an activating group) is 1. The van der Waals surface area contributed by atoms with Crippen molar-refractivity contribution in [3.63, 3.8) is 0 Å². The Bertz CT molecular complexity index is 1220. The molecule has 0 aromatic rings. The topological polar surface area (TPSA) is 105 Å². The average molecular weight is 1040 g/mol. The molecule has 0 aromatic carbocycles. The van der Waals surface area contributed by atoms with Crippen LogP contribution < -0.4 is 5.32 Å². The Morgan fingerprint density at radius 1 is 0.458 bits per heavy atom. The monoisotopic (exact) mass is 1040 g/mol. The first kappa shape index (κ1) is 71.0. The van der Waals surface area contributed by atoms with E-state index in [9.17, 15) is 19.4 Å². The van der Waals surface area contributed by atoms with Crippen molar-refractivity contribution < 1.29 is 32.9 Å². The number of aliphatic hydroxyl groups is 1. The highest BCUT2D eigenvalue weighted by molar-refractivity contribution is 7.47. The Kier molecular flexibility index (Phi) is 54.0. The van der Waals surface area contributed by atoms with Gasteiger partial charge in [0.15, 0.2) is 0 Å². The molecule has 0 aliphatic carbocycles. The van der Waals surface area contributed by atoms with Crippen molar-refractivity contribution >= 4 is 13.7 Å². The number of nitrogens with zero attached hydrogens (tertiary/aromatic N) is 1. The van der Waals surface area contributed by atoms with E-state index >= 15 is 0 Å². The number of aliphatic hydroxyl groups excluding tert-OH is 1. The van der Waals surface area contributed by atoms with Crippen molar-refractivity contribution in [3.8, 4) is 0 Å². The lowest BCUT2D eigenvalue weighted by Gasteiger charge is -2.25. The van der Waals surface area contributed by atoms with Crippen LogP contribution in [0.1, 0.15) is 322 Å². The molecule has 0 fully saturated rings. The van der Waals surface area contributed by atoms with Crippen molar-refractivity contribution in [1.29, 1.82) is 0 Å². The van der Waals surface area contributed by atoms with Crippen LogP contribution in [0.4, 0.5) is 0 Å². The number of carbonyl (C=O) groups is 1. The molecule has 0 rings (SSSR count). The number of quaternary nitrogens is 1. The molecule has 0 aromatic heterocycles. The average Bonchev–Trinajstić information content (AvgIpc) is 3.34. The fraction of sp³-hybridized carbons (Fsp3) is 0.921. The zero-order valence-electron chi connectivity index (χ0n) is 48.9. The first-order valence-corrected chi connectivity index (χ1v) is 33.2. The summed E-state index contributed by atoms with van der Waals surface area (Å²) in [5, 5.41) is 14.0. The molecule has 9 heteroatoms. The number of rotatable bonds is 59. The van der Waals surface area contributed by atoms with Gasteiger partial charge in [0.05, 0.1) is 39.9 Å². The summed E-state index contributed by atoms with van der Waals surface area (Å²) in [6, 6.07) is -0.848. The summed E-state index contributed by atoms with van der Waals surface area (Å²) >= 11 is 0. The number of nitrogens with one attached hydrogen (secondary N) is 1. The van der Waals surface area contributed by atoms with Crippen molar-refractivity contribution in [2.45, 2.75) is 334 Å². The lowest BCUT2D eigenvalue weighted by molar-refractivity contribution is -0.870. The van der Waals surface area contributed by atoms with E-state index in [4.69, 9.17) is 9.05 Å². The van der Waals surface area contributed by atoms with Gasteiger partial charge in [-0.15, -0.1) is 0 Å². The molecule has 0 heterocycles. The molecule has 428 valence electrons. The molecule has 0 saturated heterocycles. The molecule has 8 nitrogen and oxygen atoms in total. The molecule has 0 spiro atoms. The van der Waals surface area contributed by atoms with Crippen LogP contribution in [0.25, 0.3) is 0 Å². The van der Waals surface area contributed by atoms with Crippen molar-refractivity contribution in [1.82, 2.24) is 5.32 Å². The normalized spacial score (nSPS) is 13.9. The first-order chi connectivity index (χ1) is 35.0. The smallest absolute Gasteiger partial charge is 0.387 e. The van der Waals surface area contributed by atoms with Gasteiger partial charge in [-0.2, -0.15) is 0 Å². The molecule has 0 bridgehead atoms. The predicted octanol–water partition coefficient (Wildman–Crippen LogP) is 19.5. The van der Waals surface area contributed by atoms with Crippen molar-refractivity contribution in [3.05, 3.63) is 24.3 Å². The summed E-state index contributed by atoms with van der Waals surface area (Å²) < 4.78 is 23.7. The fourth-order valence-electron chi connectivity index (χ4n) is 9.69. The number of allylic oxidation sites excluding steroid dienone is 3. The Labute approximate surface area is 449 Å². The second kappa shape index (κ2) is 54.8. The Balaban J connectivity index is 4.06. The number of hydrogen-bond donors (Lipinski definition) is 3. The van der Waals surface area contributed by atoms with Crippen LogP contribution in [-0.2, 0) is 18.4 Å². The first-order valence-electron chi connectivity index (χ1n) is 31.7. The Morgan fingerprint density at radius 3 is 1.07 bits per heavy atom. The van der Waals surface area contributed by atoms with E-state index in [1.165, 1.54) is 263 Å². The van der Waals surface area contributed by atoms with Gasteiger partial charge in [-0.3, -0.25) is 13.8 Å². The summed E-state index contributed by atoms with van der Waals surface area (Å²) in [5.74, 6) is -0.177. The highest BCUT2D eigenvalue weighted by Gasteiger charge is 2.28. The van der Waals surface area contributed by atoms with Gasteiger partial charge in [-0.1, -0.05) is 295 Å². The van der Waals surface area contributed by atoms with Gasteiger partial charge in [0.25, 0.3) is 0 Å². The van der Waals surface area contributed by atoms with Crippen LogP contribution in [0.2, 0.25) is 0 Å². The second-order valence-corrected chi connectivity index (χ2v) is 24.6. The molecule has 3 N–H and O–H groups in total. The number of hydrogen-bond acceptors (Lipinski definition) is 5. The SMILES string of the molecule is CCCCCCCCC/C=C\CCCCCCCCCC(=O)NC(COP(=O)(O)OCC[N+](C)(C)C)C(O)/C=C/CCCCCCCCCCCCCCCCCCCCCCCCCCCCCCCC. The van der Waals surface area contributed by atoms with Crippen LogP contribution in [0.15, 0.2) is 24.3 Å². The Morgan fingerprint density at radius 2 is 0.750 bits per heavy atom. The van der Waals surface area contributed by atoms with E-state index in [0.29, 0.717) is 17.4 Å². The highest BCUT2D eigenvalue weighted by atomic mass is 31.2. The minimum atomic E-state index is -4.35. The van der Waals surface area contributed by atoms with Crippen LogP contribution in [0.5, 0.6) is 0 Å². The van der Waals surface area contributed by atoms with Crippen LogP contribution in [0, 0.1) is 0 Å². The van der Waals surface area contributed by atoms with E-state index < -0.39 is 20.0 Å². The molecule has 1 amide bonds. The summed E-state index contributed by atoms with van der Waals surface area (Å²) in [7, 11) is 1.58. The van der Waals surface area contributed by atoms with Gasteiger partial charge in [0.2, 0.25) is 5.91 Å².